The molecule has 0 aliphatic carbocycles. The van der Waals surface area contributed by atoms with Crippen LogP contribution in [-0.4, -0.2) is 58.8 Å². The zero-order valence-electron chi connectivity index (χ0n) is 15.0. The standard InChI is InChI=1S/C18H22N6OS/c1-3-24-7-6-15(21-24)17(25)19-13-4-5-14-16(12-13)26-18(20-14)23-10-8-22(2)9-11-23/h4-7,12H,3,8-11H2,1-2H3,(H,19,25). The van der Waals surface area contributed by atoms with Crippen molar-refractivity contribution in [1.29, 1.82) is 0 Å². The Bertz CT molecular complexity index is 925. The van der Waals surface area contributed by atoms with Crippen molar-refractivity contribution >= 4 is 38.3 Å². The molecule has 1 aliphatic heterocycles. The van der Waals surface area contributed by atoms with Gasteiger partial charge in [-0.05, 0) is 38.2 Å². The second-order valence-corrected chi connectivity index (χ2v) is 7.49. The Labute approximate surface area is 156 Å². The first-order valence-corrected chi connectivity index (χ1v) is 9.63. The molecule has 0 saturated carbocycles. The summed E-state index contributed by atoms with van der Waals surface area (Å²) in [5.41, 5.74) is 2.16. The molecule has 7 nitrogen and oxygen atoms in total. The van der Waals surface area contributed by atoms with Gasteiger partial charge in [-0.1, -0.05) is 11.3 Å². The fourth-order valence-electron chi connectivity index (χ4n) is 2.98. The van der Waals surface area contributed by atoms with Crippen LogP contribution in [0.4, 0.5) is 10.8 Å². The molecule has 3 heterocycles. The van der Waals surface area contributed by atoms with Crippen molar-refractivity contribution in [2.24, 2.45) is 0 Å². The number of benzene rings is 1. The lowest BCUT2D eigenvalue weighted by molar-refractivity contribution is 0.102. The first-order valence-electron chi connectivity index (χ1n) is 8.81. The molecule has 1 saturated heterocycles. The SMILES string of the molecule is CCn1ccc(C(=O)Nc2ccc3nc(N4CCN(C)CC4)sc3c2)n1. The highest BCUT2D eigenvalue weighted by molar-refractivity contribution is 7.22. The number of rotatable bonds is 4. The number of aryl methyl sites for hydroxylation is 1. The monoisotopic (exact) mass is 370 g/mol. The van der Waals surface area contributed by atoms with E-state index < -0.39 is 0 Å². The molecule has 0 spiro atoms. The third-order valence-electron chi connectivity index (χ3n) is 4.61. The number of carbonyl (C=O) groups excluding carboxylic acids is 1. The number of piperazine rings is 1. The predicted molar refractivity (Wildman–Crippen MR) is 105 cm³/mol. The van der Waals surface area contributed by atoms with E-state index in [0.29, 0.717) is 5.69 Å². The van der Waals surface area contributed by atoms with Gasteiger partial charge in [0.15, 0.2) is 10.8 Å². The number of hydrogen-bond donors (Lipinski definition) is 1. The van der Waals surface area contributed by atoms with Crippen LogP contribution in [-0.2, 0) is 6.54 Å². The number of thiazole rings is 1. The van der Waals surface area contributed by atoms with Crippen LogP contribution in [0.15, 0.2) is 30.5 Å². The van der Waals surface area contributed by atoms with Gasteiger partial charge in [-0.25, -0.2) is 4.98 Å². The minimum absolute atomic E-state index is 0.194. The van der Waals surface area contributed by atoms with E-state index in [1.807, 2.05) is 31.3 Å². The van der Waals surface area contributed by atoms with Crippen molar-refractivity contribution < 1.29 is 4.79 Å². The maximum atomic E-state index is 12.4. The zero-order chi connectivity index (χ0) is 18.1. The van der Waals surface area contributed by atoms with Gasteiger partial charge in [-0.15, -0.1) is 0 Å². The molecule has 0 unspecified atom stereocenters. The maximum Gasteiger partial charge on any atom is 0.276 e. The van der Waals surface area contributed by atoms with E-state index in [4.69, 9.17) is 4.98 Å². The number of likely N-dealkylation sites (N-methyl/N-ethyl adjacent to an activating group) is 1. The highest BCUT2D eigenvalue weighted by atomic mass is 32.1. The molecule has 8 heteroatoms. The summed E-state index contributed by atoms with van der Waals surface area (Å²) in [7, 11) is 2.15. The smallest absolute Gasteiger partial charge is 0.276 e. The fraction of sp³-hybridized carbons (Fsp3) is 0.389. The quantitative estimate of drug-likeness (QED) is 0.764. The van der Waals surface area contributed by atoms with Gasteiger partial charge in [0, 0.05) is 44.6 Å². The lowest BCUT2D eigenvalue weighted by atomic mass is 10.3. The van der Waals surface area contributed by atoms with Crippen LogP contribution in [0, 0.1) is 0 Å². The number of fused-ring (bicyclic) bond motifs is 1. The third kappa shape index (κ3) is 3.42. The molecule has 136 valence electrons. The van der Waals surface area contributed by atoms with Crippen molar-refractivity contribution in [2.45, 2.75) is 13.5 Å². The Kier molecular flexibility index (Phi) is 4.60. The molecule has 26 heavy (non-hydrogen) atoms. The van der Waals surface area contributed by atoms with E-state index >= 15 is 0 Å². The highest BCUT2D eigenvalue weighted by Crippen LogP contribution is 2.31. The highest BCUT2D eigenvalue weighted by Gasteiger charge is 2.18. The van der Waals surface area contributed by atoms with E-state index in [1.165, 1.54) is 0 Å². The van der Waals surface area contributed by atoms with Crippen LogP contribution in [0.1, 0.15) is 17.4 Å². The molecule has 1 N–H and O–H groups in total. The van der Waals surface area contributed by atoms with E-state index in [2.05, 4.69) is 27.3 Å². The van der Waals surface area contributed by atoms with Crippen molar-refractivity contribution in [1.82, 2.24) is 19.7 Å². The molecular formula is C18H22N6OS. The molecule has 1 aliphatic rings. The van der Waals surface area contributed by atoms with Crippen molar-refractivity contribution in [2.75, 3.05) is 43.4 Å². The molecule has 2 aromatic heterocycles. The predicted octanol–water partition coefficient (Wildman–Crippen LogP) is 2.52. The van der Waals surface area contributed by atoms with Gasteiger partial charge in [0.25, 0.3) is 5.91 Å². The molecule has 1 aromatic carbocycles. The number of anilines is 2. The van der Waals surface area contributed by atoms with Gasteiger partial charge in [0.1, 0.15) is 0 Å². The van der Waals surface area contributed by atoms with E-state index in [1.54, 1.807) is 22.1 Å². The Balaban J connectivity index is 1.51. The minimum atomic E-state index is -0.194. The van der Waals surface area contributed by atoms with E-state index in [9.17, 15) is 4.79 Å². The third-order valence-corrected chi connectivity index (χ3v) is 5.69. The maximum absolute atomic E-state index is 12.4. The number of aromatic nitrogens is 3. The second kappa shape index (κ2) is 7.05. The number of nitrogens with zero attached hydrogens (tertiary/aromatic N) is 5. The van der Waals surface area contributed by atoms with Crippen LogP contribution >= 0.6 is 11.3 Å². The lowest BCUT2D eigenvalue weighted by Gasteiger charge is -2.31. The Morgan fingerprint density at radius 2 is 2.04 bits per heavy atom. The first kappa shape index (κ1) is 17.0. The molecule has 0 bridgehead atoms. The summed E-state index contributed by atoms with van der Waals surface area (Å²) in [5, 5.41) is 8.22. The minimum Gasteiger partial charge on any atom is -0.345 e. The van der Waals surface area contributed by atoms with Gasteiger partial charge >= 0.3 is 0 Å². The summed E-state index contributed by atoms with van der Waals surface area (Å²) < 4.78 is 2.82. The van der Waals surface area contributed by atoms with Gasteiger partial charge in [-0.2, -0.15) is 5.10 Å². The summed E-state index contributed by atoms with van der Waals surface area (Å²) in [6, 6.07) is 7.58. The average Bonchev–Trinajstić information content (AvgIpc) is 3.29. The molecule has 1 amide bonds. The van der Waals surface area contributed by atoms with Crippen molar-refractivity contribution in [3.63, 3.8) is 0 Å². The summed E-state index contributed by atoms with van der Waals surface area (Å²) in [6.45, 7) is 6.85. The molecule has 4 rings (SSSR count). The number of hydrogen-bond acceptors (Lipinski definition) is 6. The molecule has 0 radical (unpaired) electrons. The van der Waals surface area contributed by atoms with Crippen molar-refractivity contribution in [3.05, 3.63) is 36.2 Å². The Hall–Kier alpha value is -2.45. The molecule has 3 aromatic rings. The normalized spacial score (nSPS) is 15.5. The van der Waals surface area contributed by atoms with Crippen LogP contribution < -0.4 is 10.2 Å². The molecular weight excluding hydrogens is 348 g/mol. The number of amides is 1. The lowest BCUT2D eigenvalue weighted by Crippen LogP contribution is -2.44. The van der Waals surface area contributed by atoms with Crippen LogP contribution in [0.3, 0.4) is 0 Å². The van der Waals surface area contributed by atoms with Gasteiger partial charge in [0.2, 0.25) is 0 Å². The van der Waals surface area contributed by atoms with E-state index in [-0.39, 0.29) is 5.91 Å². The zero-order valence-corrected chi connectivity index (χ0v) is 15.8. The first-order chi connectivity index (χ1) is 12.6. The number of carbonyl (C=O) groups is 1. The summed E-state index contributed by atoms with van der Waals surface area (Å²) in [4.78, 5) is 21.8. The number of nitrogens with one attached hydrogen (secondary N) is 1. The molecule has 0 atom stereocenters. The van der Waals surface area contributed by atoms with Crippen LogP contribution in [0.25, 0.3) is 10.2 Å². The summed E-state index contributed by atoms with van der Waals surface area (Å²) in [5.74, 6) is -0.194. The average molecular weight is 370 g/mol. The van der Waals surface area contributed by atoms with E-state index in [0.717, 1.165) is 53.8 Å². The summed E-state index contributed by atoms with van der Waals surface area (Å²) in [6.07, 6.45) is 1.81. The Morgan fingerprint density at radius 3 is 2.77 bits per heavy atom. The summed E-state index contributed by atoms with van der Waals surface area (Å²) >= 11 is 1.68. The largest absolute Gasteiger partial charge is 0.345 e. The Morgan fingerprint density at radius 1 is 1.23 bits per heavy atom. The van der Waals surface area contributed by atoms with Crippen LogP contribution in [0.5, 0.6) is 0 Å². The van der Waals surface area contributed by atoms with Gasteiger partial charge in [0.05, 0.1) is 10.2 Å². The topological polar surface area (TPSA) is 66.3 Å². The van der Waals surface area contributed by atoms with Crippen LogP contribution in [0.2, 0.25) is 0 Å². The van der Waals surface area contributed by atoms with Gasteiger partial charge in [-0.3, -0.25) is 9.48 Å². The van der Waals surface area contributed by atoms with Crippen molar-refractivity contribution in [3.8, 4) is 0 Å². The molecule has 1 fully saturated rings. The fourth-order valence-corrected chi connectivity index (χ4v) is 4.03. The van der Waals surface area contributed by atoms with Gasteiger partial charge < -0.3 is 15.1 Å². The second-order valence-electron chi connectivity index (χ2n) is 6.48.